The zero-order chi connectivity index (χ0) is 24.7. The first kappa shape index (κ1) is 23.0. The van der Waals surface area contributed by atoms with E-state index in [0.717, 1.165) is 21.4 Å². The fourth-order valence-corrected chi connectivity index (χ4v) is 4.37. The molecule has 0 aliphatic rings. The van der Waals surface area contributed by atoms with Gasteiger partial charge >= 0.3 is 0 Å². The number of primary amides is 1. The van der Waals surface area contributed by atoms with Gasteiger partial charge in [-0.05, 0) is 42.7 Å². The molecule has 4 aromatic rings. The maximum absolute atomic E-state index is 13.4. The summed E-state index contributed by atoms with van der Waals surface area (Å²) in [5.41, 5.74) is 16.0. The summed E-state index contributed by atoms with van der Waals surface area (Å²) >= 11 is 0. The average Bonchev–Trinajstić information content (AvgIpc) is 3.11. The molecule has 34 heavy (non-hydrogen) atoms. The van der Waals surface area contributed by atoms with Crippen LogP contribution in [-0.2, 0) is 13.5 Å². The molecule has 3 heterocycles. The van der Waals surface area contributed by atoms with Gasteiger partial charge in [0.15, 0.2) is 11.5 Å². The molecule has 1 aromatic carbocycles. The standard InChI is InChI=1S/C24H26N6O4/c1-12-6-5-7-13(2)18(12)15-11-17-20(25)27-22(28-23(17)30(34-4)24(15)33)16-10-14(8-9-31)29(3)19(16)21(26)32/h5-7,10-11,31H,8-9H2,1-4H3,(H2,26,32)(H2,25,27,28). The molecule has 10 heteroatoms. The third kappa shape index (κ3) is 3.57. The zero-order valence-corrected chi connectivity index (χ0v) is 19.4. The van der Waals surface area contributed by atoms with Gasteiger partial charge in [-0.1, -0.05) is 18.2 Å². The molecule has 0 unspecified atom stereocenters. The van der Waals surface area contributed by atoms with E-state index in [0.29, 0.717) is 28.6 Å². The first-order chi connectivity index (χ1) is 16.2. The third-order valence-electron chi connectivity index (χ3n) is 5.96. The van der Waals surface area contributed by atoms with Gasteiger partial charge in [-0.15, -0.1) is 4.73 Å². The topological polar surface area (TPSA) is 151 Å². The molecule has 0 radical (unpaired) electrons. The molecule has 176 valence electrons. The molecule has 0 atom stereocenters. The number of pyridine rings is 1. The Kier molecular flexibility index (Phi) is 5.84. The SMILES string of the molecule is COn1c(=O)c(-c2c(C)cccc2C)cc2c(N)nc(-c3cc(CCO)n(C)c3C(N)=O)nc21. The lowest BCUT2D eigenvalue weighted by atomic mass is 9.96. The van der Waals surface area contributed by atoms with Crippen molar-refractivity contribution >= 4 is 22.8 Å². The summed E-state index contributed by atoms with van der Waals surface area (Å²) in [6.07, 6.45) is 0.307. The van der Waals surface area contributed by atoms with Gasteiger partial charge in [-0.2, -0.15) is 0 Å². The highest BCUT2D eigenvalue weighted by molar-refractivity contribution is 5.99. The molecule has 4 rings (SSSR count). The number of aliphatic hydroxyl groups is 1. The number of amides is 1. The molecule has 0 saturated heterocycles. The highest BCUT2D eigenvalue weighted by atomic mass is 16.6. The number of nitrogens with two attached hydrogens (primary N) is 2. The largest absolute Gasteiger partial charge is 0.412 e. The van der Waals surface area contributed by atoms with Gasteiger partial charge < -0.3 is 26.0 Å². The molecule has 3 aromatic heterocycles. The number of rotatable bonds is 6. The van der Waals surface area contributed by atoms with E-state index >= 15 is 0 Å². The van der Waals surface area contributed by atoms with Crippen molar-refractivity contribution in [3.05, 3.63) is 63.2 Å². The molecular formula is C24H26N6O4. The minimum atomic E-state index is -0.682. The Hall–Kier alpha value is -4.18. The number of nitrogen functional groups attached to an aromatic ring is 1. The van der Waals surface area contributed by atoms with Crippen LogP contribution in [-0.4, -0.2) is 44.0 Å². The van der Waals surface area contributed by atoms with Gasteiger partial charge in [-0.3, -0.25) is 9.59 Å². The minimum absolute atomic E-state index is 0.111. The highest BCUT2D eigenvalue weighted by Crippen LogP contribution is 2.31. The Morgan fingerprint density at radius 1 is 1.15 bits per heavy atom. The lowest BCUT2D eigenvalue weighted by Gasteiger charge is -2.15. The molecule has 1 amide bonds. The minimum Gasteiger partial charge on any atom is -0.412 e. The first-order valence-corrected chi connectivity index (χ1v) is 10.6. The molecule has 0 fully saturated rings. The summed E-state index contributed by atoms with van der Waals surface area (Å²) in [4.78, 5) is 40.0. The van der Waals surface area contributed by atoms with E-state index in [1.165, 1.54) is 7.11 Å². The summed E-state index contributed by atoms with van der Waals surface area (Å²) in [7, 11) is 3.03. The second-order valence-corrected chi connectivity index (χ2v) is 8.07. The van der Waals surface area contributed by atoms with Gasteiger partial charge in [0.1, 0.15) is 18.6 Å². The summed E-state index contributed by atoms with van der Waals surface area (Å²) < 4.78 is 2.66. The van der Waals surface area contributed by atoms with Crippen molar-refractivity contribution in [1.29, 1.82) is 0 Å². The number of aryl methyl sites for hydroxylation is 2. The van der Waals surface area contributed by atoms with Gasteiger partial charge in [0.05, 0.1) is 16.5 Å². The number of benzene rings is 1. The number of carbonyl (C=O) groups excluding carboxylic acids is 1. The summed E-state index contributed by atoms with van der Waals surface area (Å²) in [5.74, 6) is -0.455. The molecule has 0 aliphatic heterocycles. The Morgan fingerprint density at radius 3 is 2.41 bits per heavy atom. The van der Waals surface area contributed by atoms with Gasteiger partial charge in [0.25, 0.3) is 11.5 Å². The van der Waals surface area contributed by atoms with Gasteiger partial charge in [0, 0.05) is 25.8 Å². The number of anilines is 1. The second kappa shape index (κ2) is 8.64. The number of aliphatic hydroxyl groups excluding tert-OH is 1. The van der Waals surface area contributed by atoms with E-state index < -0.39 is 11.5 Å². The fraction of sp³-hybridized carbons (Fsp3) is 0.250. The number of hydrogen-bond donors (Lipinski definition) is 3. The monoisotopic (exact) mass is 462 g/mol. The van der Waals surface area contributed by atoms with E-state index in [9.17, 15) is 14.7 Å². The molecule has 10 nitrogen and oxygen atoms in total. The smallest absolute Gasteiger partial charge is 0.292 e. The molecule has 5 N–H and O–H groups in total. The first-order valence-electron chi connectivity index (χ1n) is 10.6. The van der Waals surface area contributed by atoms with Crippen molar-refractivity contribution in [2.24, 2.45) is 12.8 Å². The number of hydrogen-bond acceptors (Lipinski definition) is 7. The van der Waals surface area contributed by atoms with Gasteiger partial charge in [0.2, 0.25) is 0 Å². The Bertz CT molecular complexity index is 1480. The second-order valence-electron chi connectivity index (χ2n) is 8.07. The van der Waals surface area contributed by atoms with Crippen molar-refractivity contribution < 1.29 is 14.7 Å². The Labute approximate surface area is 195 Å². The third-order valence-corrected chi connectivity index (χ3v) is 5.96. The van der Waals surface area contributed by atoms with Crippen LogP contribution in [0, 0.1) is 13.8 Å². The Balaban J connectivity index is 2.04. The van der Waals surface area contributed by atoms with Crippen LogP contribution in [0.3, 0.4) is 0 Å². The van der Waals surface area contributed by atoms with Crippen molar-refractivity contribution in [2.75, 3.05) is 19.5 Å². The average molecular weight is 463 g/mol. The number of aromatic nitrogens is 4. The Morgan fingerprint density at radius 2 is 1.82 bits per heavy atom. The van der Waals surface area contributed by atoms with Crippen LogP contribution >= 0.6 is 0 Å². The zero-order valence-electron chi connectivity index (χ0n) is 19.4. The molecule has 0 saturated carbocycles. The molecule has 0 spiro atoms. The summed E-state index contributed by atoms with van der Waals surface area (Å²) in [6.45, 7) is 3.74. The number of fused-ring (bicyclic) bond motifs is 1. The van der Waals surface area contributed by atoms with Crippen LogP contribution in [0.15, 0.2) is 35.1 Å². The fourth-order valence-electron chi connectivity index (χ4n) is 4.37. The van der Waals surface area contributed by atoms with Crippen molar-refractivity contribution in [3.63, 3.8) is 0 Å². The lowest BCUT2D eigenvalue weighted by Crippen LogP contribution is -2.28. The van der Waals surface area contributed by atoms with Gasteiger partial charge in [-0.25, -0.2) is 9.97 Å². The van der Waals surface area contributed by atoms with Crippen molar-refractivity contribution in [2.45, 2.75) is 20.3 Å². The van der Waals surface area contributed by atoms with Crippen LogP contribution in [0.25, 0.3) is 33.5 Å². The molecule has 0 aliphatic carbocycles. The predicted octanol–water partition coefficient (Wildman–Crippen LogP) is 1.36. The number of carbonyl (C=O) groups is 1. The van der Waals surface area contributed by atoms with Crippen molar-refractivity contribution in [3.8, 4) is 22.5 Å². The highest BCUT2D eigenvalue weighted by Gasteiger charge is 2.23. The maximum atomic E-state index is 13.4. The van der Waals surface area contributed by atoms with Crippen molar-refractivity contribution in [1.82, 2.24) is 19.3 Å². The van der Waals surface area contributed by atoms with E-state index in [-0.39, 0.29) is 29.6 Å². The molecular weight excluding hydrogens is 436 g/mol. The van der Waals surface area contributed by atoms with E-state index in [4.69, 9.17) is 16.3 Å². The lowest BCUT2D eigenvalue weighted by molar-refractivity contribution is 0.0992. The maximum Gasteiger partial charge on any atom is 0.292 e. The quantitative estimate of drug-likeness (QED) is 0.391. The molecule has 0 bridgehead atoms. The summed E-state index contributed by atoms with van der Waals surface area (Å²) in [6, 6.07) is 9.12. The van der Waals surface area contributed by atoms with E-state index in [2.05, 4.69) is 9.97 Å². The van der Waals surface area contributed by atoms with E-state index in [1.807, 2.05) is 32.0 Å². The van der Waals surface area contributed by atoms with Crippen LogP contribution in [0.1, 0.15) is 27.3 Å². The summed E-state index contributed by atoms with van der Waals surface area (Å²) in [5, 5.41) is 9.79. The van der Waals surface area contributed by atoms with E-state index in [1.54, 1.807) is 23.7 Å². The predicted molar refractivity (Wildman–Crippen MR) is 129 cm³/mol. The van der Waals surface area contributed by atoms with Crippen LogP contribution in [0.5, 0.6) is 0 Å². The van der Waals surface area contributed by atoms with Crippen LogP contribution in [0.4, 0.5) is 5.82 Å². The van der Waals surface area contributed by atoms with Crippen LogP contribution in [0.2, 0.25) is 0 Å². The normalized spacial score (nSPS) is 11.2. The van der Waals surface area contributed by atoms with Crippen LogP contribution < -0.4 is 21.9 Å². The number of nitrogens with zero attached hydrogens (tertiary/aromatic N) is 4.